The van der Waals surface area contributed by atoms with E-state index in [0.717, 1.165) is 11.3 Å². The average molecular weight is 379 g/mol. The van der Waals surface area contributed by atoms with Crippen molar-refractivity contribution in [1.82, 2.24) is 0 Å². The first-order valence-corrected chi connectivity index (χ1v) is 9.69. The van der Waals surface area contributed by atoms with E-state index in [1.54, 1.807) is 36.0 Å². The maximum Gasteiger partial charge on any atom is 0.238 e. The molecule has 3 aromatic rings. The van der Waals surface area contributed by atoms with Crippen molar-refractivity contribution in [1.29, 1.82) is 0 Å². The van der Waals surface area contributed by atoms with Crippen molar-refractivity contribution in [2.45, 2.75) is 12.3 Å². The van der Waals surface area contributed by atoms with E-state index >= 15 is 0 Å². The van der Waals surface area contributed by atoms with Gasteiger partial charge in [-0.15, -0.1) is 11.8 Å². The lowest BCUT2D eigenvalue weighted by atomic mass is 10.1. The number of halogens is 1. The number of hydrogen-bond acceptors (Lipinski definition) is 3. The summed E-state index contributed by atoms with van der Waals surface area (Å²) >= 11 is 1.63. The number of ether oxygens (including phenoxy) is 1. The number of thioether (sulfide) groups is 1. The molecule has 5 heteroatoms. The molecule has 3 aromatic carbocycles. The zero-order valence-electron chi connectivity index (χ0n) is 14.8. The number of amides is 1. The Hall–Kier alpha value is -2.79. The number of benzene rings is 3. The van der Waals surface area contributed by atoms with Gasteiger partial charge in [0.15, 0.2) is 0 Å². The number of aryl methyl sites for hydroxylation is 1. The van der Waals surface area contributed by atoms with Crippen LogP contribution in [0.1, 0.15) is 16.5 Å². The zero-order valence-corrected chi connectivity index (χ0v) is 15.6. The summed E-state index contributed by atoms with van der Waals surface area (Å²) in [5, 5.41) is -0.0348. The molecule has 3 nitrogen and oxygen atoms in total. The van der Waals surface area contributed by atoms with Gasteiger partial charge < -0.3 is 4.74 Å². The first-order valence-electron chi connectivity index (χ1n) is 8.64. The van der Waals surface area contributed by atoms with Gasteiger partial charge >= 0.3 is 0 Å². The SMILES string of the molecule is Cc1cccc(C2SCC(=O)N2c2ccc(Oc3cccc(F)c3)cc2)c1. The van der Waals surface area contributed by atoms with Crippen LogP contribution >= 0.6 is 11.8 Å². The highest BCUT2D eigenvalue weighted by atomic mass is 32.2. The topological polar surface area (TPSA) is 29.5 Å². The molecule has 4 rings (SSSR count). The summed E-state index contributed by atoms with van der Waals surface area (Å²) in [6.07, 6.45) is 0. The van der Waals surface area contributed by atoms with E-state index in [4.69, 9.17) is 4.74 Å². The van der Waals surface area contributed by atoms with Gasteiger partial charge in [-0.25, -0.2) is 4.39 Å². The lowest BCUT2D eigenvalue weighted by molar-refractivity contribution is -0.115. The fraction of sp³-hybridized carbons (Fsp3) is 0.136. The molecule has 1 heterocycles. The van der Waals surface area contributed by atoms with E-state index in [9.17, 15) is 9.18 Å². The van der Waals surface area contributed by atoms with Crippen LogP contribution in [0.4, 0.5) is 10.1 Å². The molecule has 0 aromatic heterocycles. The van der Waals surface area contributed by atoms with E-state index in [1.165, 1.54) is 17.7 Å². The Balaban J connectivity index is 1.57. The predicted octanol–water partition coefficient (Wildman–Crippen LogP) is 5.71. The van der Waals surface area contributed by atoms with Crippen molar-refractivity contribution < 1.29 is 13.9 Å². The summed E-state index contributed by atoms with van der Waals surface area (Å²) < 4.78 is 19.0. The van der Waals surface area contributed by atoms with Crippen LogP contribution in [0.2, 0.25) is 0 Å². The van der Waals surface area contributed by atoms with Gasteiger partial charge in [0.05, 0.1) is 5.75 Å². The van der Waals surface area contributed by atoms with Crippen molar-refractivity contribution in [3.63, 3.8) is 0 Å². The summed E-state index contributed by atoms with van der Waals surface area (Å²) in [5.74, 6) is 1.24. The number of nitrogens with zero attached hydrogens (tertiary/aromatic N) is 1. The lowest BCUT2D eigenvalue weighted by Gasteiger charge is -2.24. The Morgan fingerprint density at radius 2 is 1.78 bits per heavy atom. The van der Waals surface area contributed by atoms with Gasteiger partial charge in [0.2, 0.25) is 5.91 Å². The molecule has 136 valence electrons. The highest BCUT2D eigenvalue weighted by Crippen LogP contribution is 2.42. The number of carbonyl (C=O) groups excluding carboxylic acids is 1. The van der Waals surface area contributed by atoms with Crippen LogP contribution in [0.25, 0.3) is 0 Å². The quantitative estimate of drug-likeness (QED) is 0.582. The maximum atomic E-state index is 13.3. The Bertz CT molecular complexity index is 974. The van der Waals surface area contributed by atoms with Gasteiger partial charge in [-0.1, -0.05) is 35.9 Å². The van der Waals surface area contributed by atoms with Gasteiger partial charge in [-0.2, -0.15) is 0 Å². The summed E-state index contributed by atoms with van der Waals surface area (Å²) in [6.45, 7) is 2.05. The third kappa shape index (κ3) is 3.83. The second kappa shape index (κ2) is 7.45. The molecule has 27 heavy (non-hydrogen) atoms. The van der Waals surface area contributed by atoms with E-state index in [-0.39, 0.29) is 17.1 Å². The molecule has 0 saturated carbocycles. The molecule has 1 amide bonds. The van der Waals surface area contributed by atoms with Crippen LogP contribution in [-0.4, -0.2) is 11.7 Å². The largest absolute Gasteiger partial charge is 0.457 e. The Morgan fingerprint density at radius 1 is 1.00 bits per heavy atom. The minimum Gasteiger partial charge on any atom is -0.457 e. The van der Waals surface area contributed by atoms with Gasteiger partial charge in [-0.05, 0) is 48.9 Å². The molecule has 0 bridgehead atoms. The van der Waals surface area contributed by atoms with Gasteiger partial charge in [0.25, 0.3) is 0 Å². The fourth-order valence-corrected chi connectivity index (χ4v) is 4.28. The molecule has 1 saturated heterocycles. The van der Waals surface area contributed by atoms with Crippen molar-refractivity contribution in [2.75, 3.05) is 10.7 Å². The third-order valence-electron chi connectivity index (χ3n) is 4.34. The normalized spacial score (nSPS) is 16.6. The fourth-order valence-electron chi connectivity index (χ4n) is 3.11. The second-order valence-corrected chi connectivity index (χ2v) is 7.46. The Labute approximate surface area is 161 Å². The zero-order chi connectivity index (χ0) is 18.8. The highest BCUT2D eigenvalue weighted by molar-refractivity contribution is 8.00. The number of rotatable bonds is 4. The van der Waals surface area contributed by atoms with Crippen LogP contribution in [-0.2, 0) is 4.79 Å². The van der Waals surface area contributed by atoms with E-state index < -0.39 is 0 Å². The van der Waals surface area contributed by atoms with E-state index in [1.807, 2.05) is 36.1 Å². The van der Waals surface area contributed by atoms with Gasteiger partial charge in [-0.3, -0.25) is 9.69 Å². The third-order valence-corrected chi connectivity index (χ3v) is 5.55. The first-order chi connectivity index (χ1) is 13.1. The van der Waals surface area contributed by atoms with E-state index in [0.29, 0.717) is 17.3 Å². The van der Waals surface area contributed by atoms with Crippen LogP contribution in [0.5, 0.6) is 11.5 Å². The molecular formula is C22H18FNO2S. The number of hydrogen-bond donors (Lipinski definition) is 0. The molecular weight excluding hydrogens is 361 g/mol. The van der Waals surface area contributed by atoms with Crippen molar-refractivity contribution in [3.05, 3.63) is 89.7 Å². The second-order valence-electron chi connectivity index (χ2n) is 6.39. The monoisotopic (exact) mass is 379 g/mol. The predicted molar refractivity (Wildman–Crippen MR) is 107 cm³/mol. The van der Waals surface area contributed by atoms with E-state index in [2.05, 4.69) is 12.1 Å². The van der Waals surface area contributed by atoms with Crippen molar-refractivity contribution in [2.24, 2.45) is 0 Å². The first kappa shape index (κ1) is 17.6. The molecule has 0 N–H and O–H groups in total. The lowest BCUT2D eigenvalue weighted by Crippen LogP contribution is -2.27. The molecule has 1 unspecified atom stereocenters. The molecule has 0 aliphatic carbocycles. The molecule has 1 fully saturated rings. The summed E-state index contributed by atoms with van der Waals surface area (Å²) in [7, 11) is 0. The average Bonchev–Trinajstić information content (AvgIpc) is 3.04. The molecule has 1 aliphatic rings. The van der Waals surface area contributed by atoms with Crippen molar-refractivity contribution >= 4 is 23.4 Å². The van der Waals surface area contributed by atoms with Crippen molar-refractivity contribution in [3.8, 4) is 11.5 Å². The standard InChI is InChI=1S/C22H18FNO2S/c1-15-4-2-5-16(12-15)22-24(21(25)14-27-22)18-8-10-19(11-9-18)26-20-7-3-6-17(23)13-20/h2-13,22H,14H2,1H3. The summed E-state index contributed by atoms with van der Waals surface area (Å²) in [4.78, 5) is 14.3. The summed E-state index contributed by atoms with van der Waals surface area (Å²) in [5.41, 5.74) is 3.11. The van der Waals surface area contributed by atoms with Gasteiger partial charge in [0.1, 0.15) is 22.7 Å². The Morgan fingerprint density at radius 3 is 2.52 bits per heavy atom. The van der Waals surface area contributed by atoms with Gasteiger partial charge in [0, 0.05) is 11.8 Å². The molecule has 1 aliphatic heterocycles. The maximum absolute atomic E-state index is 13.3. The van der Waals surface area contributed by atoms with Crippen LogP contribution in [0, 0.1) is 12.7 Å². The van der Waals surface area contributed by atoms with Crippen LogP contribution < -0.4 is 9.64 Å². The van der Waals surface area contributed by atoms with Crippen LogP contribution in [0.15, 0.2) is 72.8 Å². The molecule has 0 radical (unpaired) electrons. The Kier molecular flexibility index (Phi) is 4.86. The molecule has 1 atom stereocenters. The summed E-state index contributed by atoms with van der Waals surface area (Å²) in [6, 6.07) is 21.6. The highest BCUT2D eigenvalue weighted by Gasteiger charge is 2.34. The smallest absolute Gasteiger partial charge is 0.238 e. The minimum atomic E-state index is -0.343. The number of anilines is 1. The minimum absolute atomic E-state index is 0.0348. The molecule has 0 spiro atoms. The number of carbonyl (C=O) groups is 1. The van der Waals surface area contributed by atoms with Crippen LogP contribution in [0.3, 0.4) is 0 Å².